The summed E-state index contributed by atoms with van der Waals surface area (Å²) >= 11 is 0. The van der Waals surface area contributed by atoms with Crippen molar-refractivity contribution in [3.8, 4) is 0 Å². The number of carbonyl (C=O) groups excluding carboxylic acids is 1. The molecule has 1 aromatic carbocycles. The molecular weight excluding hydrogens is 272 g/mol. The van der Waals surface area contributed by atoms with Gasteiger partial charge in [0, 0.05) is 25.9 Å². The molecule has 114 valence electrons. The Hall–Kier alpha value is -1.63. The van der Waals surface area contributed by atoms with Crippen LogP contribution in [-0.4, -0.2) is 43.2 Å². The molecule has 0 bridgehead atoms. The number of rotatable bonds is 3. The van der Waals surface area contributed by atoms with Crippen LogP contribution in [0.4, 0.5) is 4.79 Å². The minimum absolute atomic E-state index is 0.274. The van der Waals surface area contributed by atoms with Gasteiger partial charge in [-0.25, -0.2) is 9.80 Å². The lowest BCUT2D eigenvalue weighted by molar-refractivity contribution is -0.188. The van der Waals surface area contributed by atoms with Crippen LogP contribution >= 0.6 is 0 Å². The zero-order valence-electron chi connectivity index (χ0n) is 11.9. The molecule has 2 heterocycles. The quantitative estimate of drug-likeness (QED) is 0.918. The van der Waals surface area contributed by atoms with E-state index in [0.29, 0.717) is 26.3 Å². The van der Waals surface area contributed by atoms with E-state index in [4.69, 9.17) is 14.2 Å². The highest BCUT2D eigenvalue weighted by molar-refractivity contribution is 5.66. The van der Waals surface area contributed by atoms with Crippen LogP contribution in [0.1, 0.15) is 18.4 Å². The summed E-state index contributed by atoms with van der Waals surface area (Å²) < 4.78 is 16.5. The maximum atomic E-state index is 11.8. The first-order valence-electron chi connectivity index (χ1n) is 7.26. The van der Waals surface area contributed by atoms with Gasteiger partial charge < -0.3 is 14.2 Å². The molecule has 0 aromatic heterocycles. The SMILES string of the molecule is O=C(NN1CCC2(CC1)OCCO2)OCc1ccccc1. The summed E-state index contributed by atoms with van der Waals surface area (Å²) in [5, 5.41) is 1.85. The van der Waals surface area contributed by atoms with Crippen molar-refractivity contribution in [1.82, 2.24) is 10.4 Å². The van der Waals surface area contributed by atoms with Crippen molar-refractivity contribution in [2.24, 2.45) is 0 Å². The van der Waals surface area contributed by atoms with Gasteiger partial charge in [-0.2, -0.15) is 0 Å². The third-order valence-corrected chi connectivity index (χ3v) is 3.80. The van der Waals surface area contributed by atoms with E-state index in [-0.39, 0.29) is 6.61 Å². The van der Waals surface area contributed by atoms with Gasteiger partial charge in [0.05, 0.1) is 13.2 Å². The highest BCUT2D eigenvalue weighted by Crippen LogP contribution is 2.30. The molecule has 0 atom stereocenters. The van der Waals surface area contributed by atoms with Gasteiger partial charge in [-0.05, 0) is 5.56 Å². The fourth-order valence-corrected chi connectivity index (χ4v) is 2.63. The van der Waals surface area contributed by atoms with Crippen molar-refractivity contribution in [2.45, 2.75) is 25.2 Å². The molecule has 21 heavy (non-hydrogen) atoms. The van der Waals surface area contributed by atoms with Crippen molar-refractivity contribution < 1.29 is 19.0 Å². The average molecular weight is 292 g/mol. The monoisotopic (exact) mass is 292 g/mol. The van der Waals surface area contributed by atoms with Gasteiger partial charge in [-0.15, -0.1) is 0 Å². The van der Waals surface area contributed by atoms with E-state index in [9.17, 15) is 4.79 Å². The van der Waals surface area contributed by atoms with Crippen molar-refractivity contribution in [3.05, 3.63) is 35.9 Å². The molecule has 0 radical (unpaired) electrons. The molecule has 2 aliphatic rings. The standard InChI is InChI=1S/C15H20N2O4/c18-14(19-12-13-4-2-1-3-5-13)16-17-8-6-15(7-9-17)20-10-11-21-15/h1-5H,6-12H2,(H,16,18). The Labute approximate surface area is 123 Å². The van der Waals surface area contributed by atoms with Gasteiger partial charge in [0.25, 0.3) is 0 Å². The Morgan fingerprint density at radius 1 is 1.19 bits per heavy atom. The summed E-state index contributed by atoms with van der Waals surface area (Å²) in [7, 11) is 0. The number of ether oxygens (including phenoxy) is 3. The molecule has 2 aliphatic heterocycles. The summed E-state index contributed by atoms with van der Waals surface area (Å²) in [5.74, 6) is -0.424. The van der Waals surface area contributed by atoms with E-state index in [2.05, 4.69) is 5.43 Å². The number of hydrogen-bond donors (Lipinski definition) is 1. The third-order valence-electron chi connectivity index (χ3n) is 3.80. The predicted octanol–water partition coefficient (Wildman–Crippen LogP) is 1.67. The Kier molecular flexibility index (Phi) is 4.38. The number of nitrogens with one attached hydrogen (secondary N) is 1. The van der Waals surface area contributed by atoms with Crippen LogP contribution in [0.3, 0.4) is 0 Å². The second-order valence-electron chi connectivity index (χ2n) is 5.27. The summed E-state index contributed by atoms with van der Waals surface area (Å²) in [6.07, 6.45) is 1.08. The largest absolute Gasteiger partial charge is 0.444 e. The summed E-state index contributed by atoms with van der Waals surface area (Å²) in [6, 6.07) is 9.62. The second-order valence-corrected chi connectivity index (χ2v) is 5.27. The first kappa shape index (κ1) is 14.3. The number of carbonyl (C=O) groups is 1. The summed E-state index contributed by atoms with van der Waals surface area (Å²) in [6.45, 7) is 2.98. The lowest BCUT2D eigenvalue weighted by Crippen LogP contribution is -2.52. The molecule has 1 spiro atoms. The van der Waals surface area contributed by atoms with Gasteiger partial charge in [0.15, 0.2) is 5.79 Å². The van der Waals surface area contributed by atoms with Crippen LogP contribution in [0, 0.1) is 0 Å². The zero-order chi connectivity index (χ0) is 14.5. The van der Waals surface area contributed by atoms with Crippen LogP contribution in [0.5, 0.6) is 0 Å². The van der Waals surface area contributed by atoms with Crippen LogP contribution in [-0.2, 0) is 20.8 Å². The second kappa shape index (κ2) is 6.43. The molecule has 0 saturated carbocycles. The highest BCUT2D eigenvalue weighted by Gasteiger charge is 2.40. The maximum Gasteiger partial charge on any atom is 0.422 e. The first-order chi connectivity index (χ1) is 10.3. The molecule has 0 unspecified atom stereocenters. The van der Waals surface area contributed by atoms with Crippen LogP contribution in [0.15, 0.2) is 30.3 Å². The molecule has 2 fully saturated rings. The highest BCUT2D eigenvalue weighted by atomic mass is 16.7. The molecule has 0 aliphatic carbocycles. The maximum absolute atomic E-state index is 11.8. The molecule has 6 nitrogen and oxygen atoms in total. The third kappa shape index (κ3) is 3.72. The van der Waals surface area contributed by atoms with E-state index >= 15 is 0 Å². The fourth-order valence-electron chi connectivity index (χ4n) is 2.63. The Bertz CT molecular complexity index is 464. The van der Waals surface area contributed by atoms with E-state index in [1.807, 2.05) is 35.3 Å². The normalized spacial score (nSPS) is 21.3. The minimum Gasteiger partial charge on any atom is -0.444 e. The Morgan fingerprint density at radius 2 is 1.86 bits per heavy atom. The van der Waals surface area contributed by atoms with E-state index in [0.717, 1.165) is 18.4 Å². The van der Waals surface area contributed by atoms with Crippen molar-refractivity contribution >= 4 is 6.09 Å². The van der Waals surface area contributed by atoms with Crippen LogP contribution in [0.2, 0.25) is 0 Å². The molecular formula is C15H20N2O4. The van der Waals surface area contributed by atoms with E-state index in [1.165, 1.54) is 0 Å². The summed E-state index contributed by atoms with van der Waals surface area (Å²) in [5.41, 5.74) is 3.73. The molecule has 2 saturated heterocycles. The molecule has 1 amide bonds. The number of hydrogen-bond acceptors (Lipinski definition) is 5. The van der Waals surface area contributed by atoms with Crippen LogP contribution < -0.4 is 5.43 Å². The molecule has 6 heteroatoms. The predicted molar refractivity (Wildman–Crippen MR) is 75.2 cm³/mol. The Balaban J connectivity index is 1.40. The van der Waals surface area contributed by atoms with Gasteiger partial charge in [0.1, 0.15) is 6.61 Å². The average Bonchev–Trinajstić information content (AvgIpc) is 2.97. The van der Waals surface area contributed by atoms with E-state index < -0.39 is 11.9 Å². The van der Waals surface area contributed by atoms with Crippen molar-refractivity contribution in [2.75, 3.05) is 26.3 Å². The topological polar surface area (TPSA) is 60.0 Å². The van der Waals surface area contributed by atoms with Crippen molar-refractivity contribution in [1.29, 1.82) is 0 Å². The number of nitrogens with zero attached hydrogens (tertiary/aromatic N) is 1. The minimum atomic E-state index is -0.428. The number of amides is 1. The Morgan fingerprint density at radius 3 is 2.52 bits per heavy atom. The number of piperidine rings is 1. The zero-order valence-corrected chi connectivity index (χ0v) is 11.9. The molecule has 1 N–H and O–H groups in total. The first-order valence-corrected chi connectivity index (χ1v) is 7.26. The fraction of sp³-hybridized carbons (Fsp3) is 0.533. The lowest BCUT2D eigenvalue weighted by Gasteiger charge is -2.37. The molecule has 1 aromatic rings. The van der Waals surface area contributed by atoms with Gasteiger partial charge in [-0.3, -0.25) is 5.43 Å². The lowest BCUT2D eigenvalue weighted by atomic mass is 10.1. The van der Waals surface area contributed by atoms with Crippen LogP contribution in [0.25, 0.3) is 0 Å². The number of hydrazine groups is 1. The molecule has 3 rings (SSSR count). The van der Waals surface area contributed by atoms with Crippen molar-refractivity contribution in [3.63, 3.8) is 0 Å². The van der Waals surface area contributed by atoms with E-state index in [1.54, 1.807) is 0 Å². The van der Waals surface area contributed by atoms with Gasteiger partial charge in [0.2, 0.25) is 0 Å². The summed E-state index contributed by atoms with van der Waals surface area (Å²) in [4.78, 5) is 11.8. The number of benzene rings is 1. The van der Waals surface area contributed by atoms with Gasteiger partial charge >= 0.3 is 6.09 Å². The van der Waals surface area contributed by atoms with Gasteiger partial charge in [-0.1, -0.05) is 30.3 Å². The smallest absolute Gasteiger partial charge is 0.422 e.